The molecule has 1 amide bonds. The van der Waals surface area contributed by atoms with E-state index in [1.54, 1.807) is 0 Å². The smallest absolute Gasteiger partial charge is 0.217 e. The number of halogens is 2. The molecule has 1 saturated heterocycles. The van der Waals surface area contributed by atoms with Crippen molar-refractivity contribution in [3.05, 3.63) is 33.8 Å². The van der Waals surface area contributed by atoms with Crippen LogP contribution in [-0.4, -0.2) is 24.0 Å². The van der Waals surface area contributed by atoms with Gasteiger partial charge >= 0.3 is 0 Å². The zero-order valence-corrected chi connectivity index (χ0v) is 14.4. The third-order valence-corrected chi connectivity index (χ3v) is 4.87. The molecule has 1 aliphatic heterocycles. The number of carbonyl (C=O) groups excluding carboxylic acids is 1. The molecule has 0 bridgehead atoms. The fourth-order valence-electron chi connectivity index (χ4n) is 2.97. The summed E-state index contributed by atoms with van der Waals surface area (Å²) >= 11 is 9.74. The number of rotatable bonds is 3. The van der Waals surface area contributed by atoms with Crippen LogP contribution in [0.4, 0.5) is 5.82 Å². The standard InChI is InChI=1S/C16H17BrClN3O/c17-12-8-11-1-2-15(20-16(11)13(18)9-12)21-5-3-10(4-6-21)7-14(19)22/h1-2,8-10H,3-7H2,(H2,19,22). The van der Waals surface area contributed by atoms with Crippen LogP contribution >= 0.6 is 27.5 Å². The molecular formula is C16H17BrClN3O. The Hall–Kier alpha value is -1.33. The van der Waals surface area contributed by atoms with Crippen molar-refractivity contribution in [1.29, 1.82) is 0 Å². The lowest BCUT2D eigenvalue weighted by molar-refractivity contribution is -0.119. The van der Waals surface area contributed by atoms with E-state index < -0.39 is 0 Å². The third-order valence-electron chi connectivity index (χ3n) is 4.12. The minimum absolute atomic E-state index is 0.209. The summed E-state index contributed by atoms with van der Waals surface area (Å²) in [5.74, 6) is 1.13. The van der Waals surface area contributed by atoms with E-state index in [1.807, 2.05) is 24.3 Å². The van der Waals surface area contributed by atoms with Gasteiger partial charge in [-0.3, -0.25) is 4.79 Å². The highest BCUT2D eigenvalue weighted by atomic mass is 79.9. The first-order chi connectivity index (χ1) is 10.5. The van der Waals surface area contributed by atoms with Crippen molar-refractivity contribution in [2.24, 2.45) is 11.7 Å². The number of nitrogens with zero attached hydrogens (tertiary/aromatic N) is 2. The van der Waals surface area contributed by atoms with Crippen LogP contribution in [0.1, 0.15) is 19.3 Å². The van der Waals surface area contributed by atoms with Crippen molar-refractivity contribution in [3.63, 3.8) is 0 Å². The van der Waals surface area contributed by atoms with Crippen LogP contribution in [0.2, 0.25) is 5.02 Å². The van der Waals surface area contributed by atoms with Gasteiger partial charge in [-0.1, -0.05) is 27.5 Å². The summed E-state index contributed by atoms with van der Waals surface area (Å²) in [5.41, 5.74) is 6.10. The molecule has 1 fully saturated rings. The van der Waals surface area contributed by atoms with Gasteiger partial charge in [-0.05, 0) is 43.0 Å². The molecule has 1 aliphatic rings. The number of pyridine rings is 1. The minimum atomic E-state index is -0.209. The van der Waals surface area contributed by atoms with E-state index in [2.05, 4.69) is 20.8 Å². The molecule has 0 saturated carbocycles. The van der Waals surface area contributed by atoms with Crippen LogP contribution in [0.15, 0.2) is 28.7 Å². The van der Waals surface area contributed by atoms with Crippen molar-refractivity contribution in [2.45, 2.75) is 19.3 Å². The Labute approximate surface area is 142 Å². The van der Waals surface area contributed by atoms with Crippen LogP contribution < -0.4 is 10.6 Å². The topological polar surface area (TPSA) is 59.2 Å². The molecule has 6 heteroatoms. The van der Waals surface area contributed by atoms with Crippen LogP contribution in [0.25, 0.3) is 10.9 Å². The number of piperidine rings is 1. The Bertz CT molecular complexity index is 714. The van der Waals surface area contributed by atoms with Gasteiger partial charge < -0.3 is 10.6 Å². The Balaban J connectivity index is 1.79. The molecule has 1 aromatic heterocycles. The molecule has 2 heterocycles. The summed E-state index contributed by atoms with van der Waals surface area (Å²) in [7, 11) is 0. The maximum Gasteiger partial charge on any atom is 0.217 e. The number of nitrogens with two attached hydrogens (primary N) is 1. The highest BCUT2D eigenvalue weighted by Crippen LogP contribution is 2.30. The number of amides is 1. The van der Waals surface area contributed by atoms with E-state index in [0.29, 0.717) is 17.4 Å². The van der Waals surface area contributed by atoms with Gasteiger partial charge in [0.05, 0.1) is 10.5 Å². The van der Waals surface area contributed by atoms with Gasteiger partial charge in [0.1, 0.15) is 5.82 Å². The van der Waals surface area contributed by atoms with Crippen LogP contribution in [-0.2, 0) is 4.79 Å². The van der Waals surface area contributed by atoms with Gasteiger partial charge in [0.2, 0.25) is 5.91 Å². The molecule has 116 valence electrons. The number of hydrogen-bond donors (Lipinski definition) is 1. The number of anilines is 1. The predicted octanol–water partition coefficient (Wildman–Crippen LogP) is 3.74. The zero-order valence-electron chi connectivity index (χ0n) is 12.1. The van der Waals surface area contributed by atoms with Gasteiger partial charge in [0, 0.05) is 29.4 Å². The quantitative estimate of drug-likeness (QED) is 0.879. The number of hydrogen-bond acceptors (Lipinski definition) is 3. The molecule has 2 N–H and O–H groups in total. The Morgan fingerprint density at radius 3 is 2.77 bits per heavy atom. The summed E-state index contributed by atoms with van der Waals surface area (Å²) < 4.78 is 0.951. The van der Waals surface area contributed by atoms with E-state index in [1.165, 1.54) is 0 Å². The molecule has 0 spiro atoms. The molecule has 0 aliphatic carbocycles. The summed E-state index contributed by atoms with van der Waals surface area (Å²) in [5, 5.41) is 1.67. The van der Waals surface area contributed by atoms with Gasteiger partial charge in [0.25, 0.3) is 0 Å². The Kier molecular flexibility index (Phi) is 4.54. The lowest BCUT2D eigenvalue weighted by Crippen LogP contribution is -2.35. The number of fused-ring (bicyclic) bond motifs is 1. The first-order valence-electron chi connectivity index (χ1n) is 7.32. The van der Waals surface area contributed by atoms with Crippen LogP contribution in [0.5, 0.6) is 0 Å². The summed E-state index contributed by atoms with van der Waals surface area (Å²) in [6.45, 7) is 1.79. The molecule has 2 aromatic rings. The molecule has 4 nitrogen and oxygen atoms in total. The molecule has 3 rings (SSSR count). The van der Waals surface area contributed by atoms with E-state index in [-0.39, 0.29) is 5.91 Å². The zero-order chi connectivity index (χ0) is 15.7. The van der Waals surface area contributed by atoms with Crippen molar-refractivity contribution in [2.75, 3.05) is 18.0 Å². The predicted molar refractivity (Wildman–Crippen MR) is 93.2 cm³/mol. The fraction of sp³-hybridized carbons (Fsp3) is 0.375. The van der Waals surface area contributed by atoms with E-state index in [9.17, 15) is 4.79 Å². The molecular weight excluding hydrogens is 366 g/mol. The first kappa shape index (κ1) is 15.6. The second kappa shape index (κ2) is 6.42. The number of carbonyl (C=O) groups is 1. The van der Waals surface area contributed by atoms with Crippen molar-refractivity contribution >= 4 is 50.2 Å². The average Bonchev–Trinajstić information content (AvgIpc) is 2.47. The van der Waals surface area contributed by atoms with Gasteiger partial charge in [-0.15, -0.1) is 0 Å². The summed E-state index contributed by atoms with van der Waals surface area (Å²) in [4.78, 5) is 18.0. The van der Waals surface area contributed by atoms with E-state index in [0.717, 1.165) is 47.1 Å². The van der Waals surface area contributed by atoms with Crippen molar-refractivity contribution in [3.8, 4) is 0 Å². The van der Waals surface area contributed by atoms with E-state index in [4.69, 9.17) is 22.3 Å². The molecule has 0 radical (unpaired) electrons. The summed E-state index contributed by atoms with van der Waals surface area (Å²) in [6, 6.07) is 7.94. The lowest BCUT2D eigenvalue weighted by Gasteiger charge is -2.32. The number of benzene rings is 1. The summed E-state index contributed by atoms with van der Waals surface area (Å²) in [6.07, 6.45) is 2.42. The second-order valence-corrected chi connectivity index (χ2v) is 7.05. The maximum atomic E-state index is 11.0. The van der Waals surface area contributed by atoms with Crippen LogP contribution in [0.3, 0.4) is 0 Å². The minimum Gasteiger partial charge on any atom is -0.370 e. The molecule has 0 atom stereocenters. The Morgan fingerprint density at radius 2 is 2.09 bits per heavy atom. The van der Waals surface area contributed by atoms with Gasteiger partial charge in [0.15, 0.2) is 0 Å². The van der Waals surface area contributed by atoms with Crippen molar-refractivity contribution < 1.29 is 4.79 Å². The molecule has 0 unspecified atom stereocenters. The fourth-order valence-corrected chi connectivity index (χ4v) is 3.85. The van der Waals surface area contributed by atoms with Crippen LogP contribution in [0, 0.1) is 5.92 Å². The van der Waals surface area contributed by atoms with Crippen molar-refractivity contribution in [1.82, 2.24) is 4.98 Å². The maximum absolute atomic E-state index is 11.0. The molecule has 1 aromatic carbocycles. The SMILES string of the molecule is NC(=O)CC1CCN(c2ccc3cc(Br)cc(Cl)c3n2)CC1. The monoisotopic (exact) mass is 381 g/mol. The normalized spacial score (nSPS) is 16.2. The lowest BCUT2D eigenvalue weighted by atomic mass is 9.93. The Morgan fingerprint density at radius 1 is 1.36 bits per heavy atom. The number of aromatic nitrogens is 1. The number of primary amides is 1. The van der Waals surface area contributed by atoms with Gasteiger partial charge in [-0.25, -0.2) is 4.98 Å². The van der Waals surface area contributed by atoms with E-state index >= 15 is 0 Å². The third kappa shape index (κ3) is 3.36. The first-order valence-corrected chi connectivity index (χ1v) is 8.49. The highest BCUT2D eigenvalue weighted by molar-refractivity contribution is 9.10. The molecule has 22 heavy (non-hydrogen) atoms. The average molecular weight is 383 g/mol. The van der Waals surface area contributed by atoms with Gasteiger partial charge in [-0.2, -0.15) is 0 Å². The largest absolute Gasteiger partial charge is 0.370 e. The second-order valence-electron chi connectivity index (χ2n) is 5.73. The highest BCUT2D eigenvalue weighted by Gasteiger charge is 2.21.